The third kappa shape index (κ3) is 3.49. The van der Waals surface area contributed by atoms with E-state index >= 15 is 0 Å². The Hall–Kier alpha value is -2.85. The fourth-order valence-electron chi connectivity index (χ4n) is 4.76. The molecule has 0 amide bonds. The normalized spacial score (nSPS) is 18.6. The molecular formula is C25H26N2O2. The third-order valence-electron chi connectivity index (χ3n) is 6.46. The number of hydrogen-bond acceptors (Lipinski definition) is 4. The Bertz CT molecular complexity index is 1060. The molecule has 1 saturated heterocycles. The van der Waals surface area contributed by atoms with E-state index in [1.54, 1.807) is 6.07 Å². The minimum Gasteiger partial charge on any atom is -0.486 e. The molecule has 0 aromatic heterocycles. The van der Waals surface area contributed by atoms with Gasteiger partial charge in [-0.3, -0.25) is 4.79 Å². The second kappa shape index (κ2) is 7.20. The second-order valence-electron chi connectivity index (χ2n) is 8.37. The standard InChI is InChI=1S/C25H26N2O2/c26-20-8-9-24-22(16-20)23(28)17-25(29-24)11-14-27(15-12-25)13-10-19-6-3-5-18-4-1-2-7-21(18)19/h1-9,16H,10-15,17,26H2. The first-order valence-electron chi connectivity index (χ1n) is 10.4. The summed E-state index contributed by atoms with van der Waals surface area (Å²) in [5.41, 5.74) is 8.13. The van der Waals surface area contributed by atoms with Crippen LogP contribution in [0.2, 0.25) is 0 Å². The van der Waals surface area contributed by atoms with Crippen LogP contribution in [0.1, 0.15) is 35.2 Å². The van der Waals surface area contributed by atoms with E-state index in [0.29, 0.717) is 23.4 Å². The van der Waals surface area contributed by atoms with Crippen molar-refractivity contribution >= 4 is 22.2 Å². The van der Waals surface area contributed by atoms with E-state index in [4.69, 9.17) is 10.5 Å². The van der Waals surface area contributed by atoms with Gasteiger partial charge in [-0.2, -0.15) is 0 Å². The molecule has 0 radical (unpaired) electrons. The monoisotopic (exact) mass is 386 g/mol. The average Bonchev–Trinajstić information content (AvgIpc) is 2.74. The number of hydrogen-bond donors (Lipinski definition) is 1. The van der Waals surface area contributed by atoms with Crippen molar-refractivity contribution < 1.29 is 9.53 Å². The first-order chi connectivity index (χ1) is 14.1. The molecule has 29 heavy (non-hydrogen) atoms. The van der Waals surface area contributed by atoms with E-state index in [0.717, 1.165) is 38.9 Å². The lowest BCUT2D eigenvalue weighted by Gasteiger charge is -2.44. The van der Waals surface area contributed by atoms with Gasteiger partial charge in [0.15, 0.2) is 5.78 Å². The van der Waals surface area contributed by atoms with Gasteiger partial charge in [-0.25, -0.2) is 0 Å². The number of nitrogens with zero attached hydrogens (tertiary/aromatic N) is 1. The van der Waals surface area contributed by atoms with Gasteiger partial charge in [0, 0.05) is 38.2 Å². The lowest BCUT2D eigenvalue weighted by Crippen LogP contribution is -2.51. The van der Waals surface area contributed by atoms with E-state index < -0.39 is 0 Å². The highest BCUT2D eigenvalue weighted by Gasteiger charge is 2.42. The Morgan fingerprint density at radius 2 is 1.79 bits per heavy atom. The summed E-state index contributed by atoms with van der Waals surface area (Å²) in [5.74, 6) is 0.849. The van der Waals surface area contributed by atoms with Crippen molar-refractivity contribution in [2.75, 3.05) is 25.4 Å². The van der Waals surface area contributed by atoms with Gasteiger partial charge in [0.2, 0.25) is 0 Å². The van der Waals surface area contributed by atoms with Crippen LogP contribution in [0.3, 0.4) is 0 Å². The van der Waals surface area contributed by atoms with Gasteiger partial charge in [0.25, 0.3) is 0 Å². The van der Waals surface area contributed by atoms with Crippen LogP contribution >= 0.6 is 0 Å². The molecule has 0 unspecified atom stereocenters. The Labute approximate surface area is 171 Å². The summed E-state index contributed by atoms with van der Waals surface area (Å²) in [6.45, 7) is 2.95. The van der Waals surface area contributed by atoms with E-state index in [-0.39, 0.29) is 11.4 Å². The smallest absolute Gasteiger partial charge is 0.170 e. The second-order valence-corrected chi connectivity index (χ2v) is 8.37. The van der Waals surface area contributed by atoms with Gasteiger partial charge in [-0.05, 0) is 41.0 Å². The largest absolute Gasteiger partial charge is 0.486 e. The van der Waals surface area contributed by atoms with Gasteiger partial charge in [-0.15, -0.1) is 0 Å². The molecular weight excluding hydrogens is 360 g/mol. The van der Waals surface area contributed by atoms with Gasteiger partial charge in [0.05, 0.1) is 12.0 Å². The van der Waals surface area contributed by atoms with Gasteiger partial charge in [-0.1, -0.05) is 42.5 Å². The zero-order chi connectivity index (χ0) is 19.8. The molecule has 3 aromatic carbocycles. The molecule has 0 atom stereocenters. The van der Waals surface area contributed by atoms with Crippen LogP contribution in [0.4, 0.5) is 5.69 Å². The first kappa shape index (κ1) is 18.2. The number of anilines is 1. The molecule has 3 aromatic rings. The molecule has 2 heterocycles. The summed E-state index contributed by atoms with van der Waals surface area (Å²) in [5, 5.41) is 2.65. The quantitative estimate of drug-likeness (QED) is 0.675. The van der Waals surface area contributed by atoms with Crippen molar-refractivity contribution in [3.8, 4) is 5.75 Å². The molecule has 0 bridgehead atoms. The number of carbonyl (C=O) groups excluding carboxylic acids is 1. The van der Waals surface area contributed by atoms with E-state index in [2.05, 4.69) is 47.4 Å². The van der Waals surface area contributed by atoms with Crippen LogP contribution in [0.25, 0.3) is 10.8 Å². The van der Waals surface area contributed by atoms with Crippen LogP contribution in [0.15, 0.2) is 60.7 Å². The zero-order valence-corrected chi connectivity index (χ0v) is 16.6. The van der Waals surface area contributed by atoms with Crippen LogP contribution in [-0.2, 0) is 6.42 Å². The Kier molecular flexibility index (Phi) is 4.51. The van der Waals surface area contributed by atoms with E-state index in [1.807, 2.05) is 12.1 Å². The Morgan fingerprint density at radius 3 is 2.66 bits per heavy atom. The number of rotatable bonds is 3. The predicted octanol–water partition coefficient (Wildman–Crippen LogP) is 4.46. The number of benzene rings is 3. The molecule has 2 N–H and O–H groups in total. The fourth-order valence-corrected chi connectivity index (χ4v) is 4.76. The third-order valence-corrected chi connectivity index (χ3v) is 6.46. The number of nitrogen functional groups attached to an aromatic ring is 1. The zero-order valence-electron chi connectivity index (χ0n) is 16.6. The van der Waals surface area contributed by atoms with Gasteiger partial charge in [0.1, 0.15) is 11.4 Å². The highest BCUT2D eigenvalue weighted by Crippen LogP contribution is 2.40. The first-order valence-corrected chi connectivity index (χ1v) is 10.4. The van der Waals surface area contributed by atoms with Crippen molar-refractivity contribution in [3.63, 3.8) is 0 Å². The van der Waals surface area contributed by atoms with Crippen molar-refractivity contribution in [2.45, 2.75) is 31.3 Å². The topological polar surface area (TPSA) is 55.6 Å². The van der Waals surface area contributed by atoms with Crippen LogP contribution in [0.5, 0.6) is 5.75 Å². The van der Waals surface area contributed by atoms with Crippen LogP contribution < -0.4 is 10.5 Å². The maximum Gasteiger partial charge on any atom is 0.170 e. The SMILES string of the molecule is Nc1ccc2c(c1)C(=O)CC1(CCN(CCc3cccc4ccccc34)CC1)O2. The van der Waals surface area contributed by atoms with E-state index in [1.165, 1.54) is 16.3 Å². The van der Waals surface area contributed by atoms with Gasteiger partial charge >= 0.3 is 0 Å². The molecule has 1 spiro atoms. The summed E-state index contributed by atoms with van der Waals surface area (Å²) < 4.78 is 6.35. The minimum atomic E-state index is -0.351. The summed E-state index contributed by atoms with van der Waals surface area (Å²) >= 11 is 0. The molecule has 2 aliphatic heterocycles. The molecule has 148 valence electrons. The molecule has 0 saturated carbocycles. The molecule has 4 nitrogen and oxygen atoms in total. The highest BCUT2D eigenvalue weighted by atomic mass is 16.5. The lowest BCUT2D eigenvalue weighted by molar-refractivity contribution is -0.00863. The lowest BCUT2D eigenvalue weighted by atomic mass is 9.82. The Balaban J connectivity index is 1.24. The summed E-state index contributed by atoms with van der Waals surface area (Å²) in [4.78, 5) is 15.2. The van der Waals surface area contributed by atoms with Crippen LogP contribution in [-0.4, -0.2) is 35.9 Å². The average molecular weight is 386 g/mol. The maximum atomic E-state index is 12.7. The molecule has 2 aliphatic rings. The van der Waals surface area contributed by atoms with E-state index in [9.17, 15) is 4.79 Å². The maximum absolute atomic E-state index is 12.7. The summed E-state index contributed by atoms with van der Waals surface area (Å²) in [6.07, 6.45) is 3.27. The van der Waals surface area contributed by atoms with Crippen molar-refractivity contribution in [1.29, 1.82) is 0 Å². The number of piperidine rings is 1. The highest BCUT2D eigenvalue weighted by molar-refractivity contribution is 6.01. The molecule has 4 heteroatoms. The summed E-state index contributed by atoms with van der Waals surface area (Å²) in [7, 11) is 0. The van der Waals surface area contributed by atoms with Gasteiger partial charge < -0.3 is 15.4 Å². The molecule has 0 aliphatic carbocycles. The summed E-state index contributed by atoms with van der Waals surface area (Å²) in [6, 6.07) is 20.5. The number of nitrogens with two attached hydrogens (primary N) is 1. The van der Waals surface area contributed by atoms with Crippen molar-refractivity contribution in [1.82, 2.24) is 4.90 Å². The van der Waals surface area contributed by atoms with Crippen molar-refractivity contribution in [3.05, 3.63) is 71.8 Å². The van der Waals surface area contributed by atoms with Crippen molar-refractivity contribution in [2.24, 2.45) is 0 Å². The fraction of sp³-hybridized carbons (Fsp3) is 0.320. The number of ketones is 1. The van der Waals surface area contributed by atoms with Crippen LogP contribution in [0, 0.1) is 0 Å². The number of fused-ring (bicyclic) bond motifs is 2. The number of ether oxygens (including phenoxy) is 1. The molecule has 5 rings (SSSR count). The number of Topliss-reactive ketones (excluding diaryl/α,β-unsaturated/α-hetero) is 1. The minimum absolute atomic E-state index is 0.155. The number of carbonyl (C=O) groups is 1. The number of likely N-dealkylation sites (tertiary alicyclic amines) is 1. The Morgan fingerprint density at radius 1 is 1.00 bits per heavy atom. The molecule has 1 fully saturated rings. The predicted molar refractivity (Wildman–Crippen MR) is 116 cm³/mol.